The number of anilines is 3. The highest BCUT2D eigenvalue weighted by molar-refractivity contribution is 7.86. The van der Waals surface area contributed by atoms with Crippen molar-refractivity contribution in [2.45, 2.75) is 32.1 Å². The smallest absolute Gasteiger partial charge is 0.341 e. The fourth-order valence-corrected chi connectivity index (χ4v) is 6.63. The summed E-state index contributed by atoms with van der Waals surface area (Å²) < 4.78 is 64.8. The number of nitrogens with one attached hydrogen (secondary N) is 2. The third-order valence-corrected chi connectivity index (χ3v) is 9.48. The van der Waals surface area contributed by atoms with E-state index in [1.54, 1.807) is 12.1 Å². The first-order valence-electron chi connectivity index (χ1n) is 15.0. The van der Waals surface area contributed by atoms with Crippen LogP contribution in [-0.4, -0.2) is 77.5 Å². The molecule has 1 aromatic heterocycles. The molecule has 4 rings (SSSR count). The van der Waals surface area contributed by atoms with Crippen LogP contribution in [0.15, 0.2) is 69.7 Å². The van der Waals surface area contributed by atoms with Crippen molar-refractivity contribution in [2.24, 2.45) is 10.2 Å². The number of carbonyl (C=O) groups excluding carboxylic acids is 2. The summed E-state index contributed by atoms with van der Waals surface area (Å²) in [5.74, 6) is -3.35. The summed E-state index contributed by atoms with van der Waals surface area (Å²) in [4.78, 5) is 38.6. The van der Waals surface area contributed by atoms with E-state index in [0.717, 1.165) is 16.8 Å². The minimum atomic E-state index is -4.57. The van der Waals surface area contributed by atoms with Gasteiger partial charge in [0, 0.05) is 37.0 Å². The van der Waals surface area contributed by atoms with Gasteiger partial charge in [0.15, 0.2) is 5.82 Å². The van der Waals surface area contributed by atoms with Gasteiger partial charge in [0.1, 0.15) is 16.9 Å². The molecule has 0 saturated heterocycles. The van der Waals surface area contributed by atoms with E-state index in [1.807, 2.05) is 11.8 Å². The Hall–Kier alpha value is -4.92. The minimum Gasteiger partial charge on any atom is -0.477 e. The number of aromatic carboxylic acids is 1. The molecule has 0 aliphatic heterocycles. The Kier molecular flexibility index (Phi) is 12.4. The Balaban J connectivity index is 1.72. The molecule has 5 N–H and O–H groups in total. The van der Waals surface area contributed by atoms with Gasteiger partial charge in [-0.15, -0.1) is 10.2 Å². The molecule has 0 saturated carbocycles. The third kappa shape index (κ3) is 9.90. The Morgan fingerprint density at radius 1 is 0.962 bits per heavy atom. The summed E-state index contributed by atoms with van der Waals surface area (Å²) in [5, 5.41) is 27.7. The summed E-state index contributed by atoms with van der Waals surface area (Å²) in [5.41, 5.74) is 0.513. The molecular formula is C31H31Cl2N7O10S2. The van der Waals surface area contributed by atoms with Gasteiger partial charge in [-0.05, 0) is 68.8 Å². The van der Waals surface area contributed by atoms with Gasteiger partial charge in [0.05, 0.1) is 32.1 Å². The maximum Gasteiger partial charge on any atom is 0.341 e. The molecule has 1 heterocycles. The number of benzene rings is 3. The Labute approximate surface area is 307 Å². The molecule has 0 unspecified atom stereocenters. The van der Waals surface area contributed by atoms with Crippen LogP contribution in [0, 0.1) is 6.92 Å². The number of amides is 2. The van der Waals surface area contributed by atoms with Gasteiger partial charge in [-0.25, -0.2) is 9.48 Å². The Morgan fingerprint density at radius 3 is 2.21 bits per heavy atom. The molecule has 3 aromatic carbocycles. The van der Waals surface area contributed by atoms with E-state index in [2.05, 4.69) is 26.0 Å². The lowest BCUT2D eigenvalue weighted by molar-refractivity contribution is -0.114. The predicted octanol–water partition coefficient (Wildman–Crippen LogP) is 6.16. The van der Waals surface area contributed by atoms with Crippen molar-refractivity contribution in [1.82, 2.24) is 9.78 Å². The second-order valence-electron chi connectivity index (χ2n) is 11.0. The SMILES string of the molecule is CCN(CCCS(=O)(=O)O)c1ccc(/N=N/c2c(C(=O)O)c(C)nn2-c2c(Cl)cc(NC(=O)c3cccc(S(=O)(=O)O)c3)cc2Cl)c(NC(C)=O)c1. The monoisotopic (exact) mass is 795 g/mol. The lowest BCUT2D eigenvalue weighted by Crippen LogP contribution is -2.25. The lowest BCUT2D eigenvalue weighted by atomic mass is 10.2. The van der Waals surface area contributed by atoms with Crippen LogP contribution < -0.4 is 15.5 Å². The van der Waals surface area contributed by atoms with Gasteiger partial charge in [-0.1, -0.05) is 29.3 Å². The number of azo groups is 1. The van der Waals surface area contributed by atoms with Gasteiger partial charge in [-0.3, -0.25) is 18.7 Å². The molecule has 0 aliphatic carbocycles. The van der Waals surface area contributed by atoms with E-state index in [1.165, 1.54) is 44.2 Å². The minimum absolute atomic E-state index is 0.0191. The summed E-state index contributed by atoms with van der Waals surface area (Å²) >= 11 is 13.2. The van der Waals surface area contributed by atoms with Crippen molar-refractivity contribution in [3.05, 3.63) is 81.5 Å². The standard InChI is InChI=1S/C31H31Cl2N7O10S2/c1-4-39(11-6-12-51(45,46)47)21-9-10-25(26(16-21)34-18(3)41)36-37-29-27(31(43)44)17(2)38-40(29)28-23(32)14-20(15-24(28)33)35-30(42)19-7-5-8-22(13-19)52(48,49)50/h5,7-10,13-16H,4,6,11-12H2,1-3H3,(H,34,41)(H,35,42)(H,43,44)(H,45,46,47)(H,48,49,50)/b37-36+. The number of rotatable bonds is 14. The molecule has 17 nitrogen and oxygen atoms in total. The van der Waals surface area contributed by atoms with Crippen molar-refractivity contribution in [3.63, 3.8) is 0 Å². The largest absolute Gasteiger partial charge is 0.477 e. The summed E-state index contributed by atoms with van der Waals surface area (Å²) in [6.45, 7) is 5.23. The van der Waals surface area contributed by atoms with Crippen LogP contribution in [0.4, 0.5) is 28.6 Å². The van der Waals surface area contributed by atoms with Crippen molar-refractivity contribution in [3.8, 4) is 5.69 Å². The van der Waals surface area contributed by atoms with E-state index < -0.39 is 48.7 Å². The second-order valence-corrected chi connectivity index (χ2v) is 14.9. The quantitative estimate of drug-likeness (QED) is 0.0711. The summed E-state index contributed by atoms with van der Waals surface area (Å²) in [7, 11) is -8.72. The van der Waals surface area contributed by atoms with E-state index in [-0.39, 0.29) is 68.4 Å². The van der Waals surface area contributed by atoms with Gasteiger partial charge >= 0.3 is 5.97 Å². The van der Waals surface area contributed by atoms with Gasteiger partial charge in [0.2, 0.25) is 5.91 Å². The summed E-state index contributed by atoms with van der Waals surface area (Å²) in [6, 6.07) is 12.0. The molecule has 0 fully saturated rings. The molecule has 21 heteroatoms. The topological polar surface area (TPSA) is 250 Å². The highest BCUT2D eigenvalue weighted by atomic mass is 35.5. The molecule has 52 heavy (non-hydrogen) atoms. The molecule has 2 amide bonds. The predicted molar refractivity (Wildman–Crippen MR) is 193 cm³/mol. The second kappa shape index (κ2) is 16.2. The number of carbonyl (C=O) groups is 3. The molecular weight excluding hydrogens is 765 g/mol. The molecule has 0 atom stereocenters. The summed E-state index contributed by atoms with van der Waals surface area (Å²) in [6.07, 6.45) is 0.133. The first-order valence-corrected chi connectivity index (χ1v) is 18.8. The average molecular weight is 797 g/mol. The highest BCUT2D eigenvalue weighted by Crippen LogP contribution is 2.38. The van der Waals surface area contributed by atoms with Crippen molar-refractivity contribution < 1.29 is 45.4 Å². The lowest BCUT2D eigenvalue weighted by Gasteiger charge is -2.24. The van der Waals surface area contributed by atoms with Gasteiger partial charge in [0.25, 0.3) is 26.1 Å². The van der Waals surface area contributed by atoms with E-state index in [0.29, 0.717) is 12.2 Å². The number of halogens is 2. The van der Waals surface area contributed by atoms with Crippen LogP contribution >= 0.6 is 23.2 Å². The number of aryl methyl sites for hydroxylation is 1. The fraction of sp³-hybridized carbons (Fsp3) is 0.226. The average Bonchev–Trinajstić information content (AvgIpc) is 3.36. The highest BCUT2D eigenvalue weighted by Gasteiger charge is 2.26. The van der Waals surface area contributed by atoms with Crippen LogP contribution in [0.25, 0.3) is 5.69 Å². The molecule has 0 spiro atoms. The first-order chi connectivity index (χ1) is 24.3. The molecule has 0 radical (unpaired) electrons. The number of carboxylic acid groups (broad SMARTS) is 1. The zero-order chi connectivity index (χ0) is 38.5. The Bertz CT molecular complexity index is 2290. The number of carboxylic acids is 1. The van der Waals surface area contributed by atoms with Crippen LogP contribution in [0.3, 0.4) is 0 Å². The van der Waals surface area contributed by atoms with Crippen molar-refractivity contribution in [1.29, 1.82) is 0 Å². The maximum absolute atomic E-state index is 12.9. The van der Waals surface area contributed by atoms with E-state index in [4.69, 9.17) is 27.8 Å². The zero-order valence-corrected chi connectivity index (χ0v) is 30.7. The van der Waals surface area contributed by atoms with E-state index in [9.17, 15) is 40.9 Å². The maximum atomic E-state index is 12.9. The molecule has 0 aliphatic rings. The third-order valence-electron chi connectivity index (χ3n) is 7.25. The number of hydrogen-bond donors (Lipinski definition) is 5. The van der Waals surface area contributed by atoms with Gasteiger partial charge < -0.3 is 20.6 Å². The van der Waals surface area contributed by atoms with Crippen LogP contribution in [0.1, 0.15) is 46.7 Å². The van der Waals surface area contributed by atoms with Crippen molar-refractivity contribution >= 4 is 89.8 Å². The zero-order valence-electron chi connectivity index (χ0n) is 27.5. The van der Waals surface area contributed by atoms with Crippen LogP contribution in [-0.2, 0) is 25.0 Å². The van der Waals surface area contributed by atoms with Crippen LogP contribution in [0.2, 0.25) is 10.0 Å². The number of hydrogen-bond acceptors (Lipinski definition) is 11. The molecule has 276 valence electrons. The van der Waals surface area contributed by atoms with Gasteiger partial charge in [-0.2, -0.15) is 21.9 Å². The molecule has 4 aromatic rings. The Morgan fingerprint density at radius 2 is 1.63 bits per heavy atom. The first kappa shape index (κ1) is 39.9. The normalized spacial score (nSPS) is 11.8. The fourth-order valence-electron chi connectivity index (χ4n) is 4.96. The van der Waals surface area contributed by atoms with Crippen LogP contribution in [0.5, 0.6) is 0 Å². The number of aromatic nitrogens is 2. The molecule has 0 bridgehead atoms. The van der Waals surface area contributed by atoms with E-state index >= 15 is 0 Å². The van der Waals surface area contributed by atoms with Crippen molar-refractivity contribution in [2.75, 3.05) is 34.4 Å². The number of nitrogens with zero attached hydrogens (tertiary/aromatic N) is 5.